The molecule has 1 aliphatic heterocycles. The van der Waals surface area contributed by atoms with E-state index in [4.69, 9.17) is 0 Å². The summed E-state index contributed by atoms with van der Waals surface area (Å²) in [6.45, 7) is 3.86. The molecule has 1 aliphatic carbocycles. The second kappa shape index (κ2) is 7.82. The van der Waals surface area contributed by atoms with Crippen LogP contribution in [0.25, 0.3) is 0 Å². The van der Waals surface area contributed by atoms with E-state index in [0.717, 1.165) is 51.6 Å². The molecule has 1 saturated carbocycles. The van der Waals surface area contributed by atoms with Crippen molar-refractivity contribution in [3.05, 3.63) is 29.8 Å². The quantitative estimate of drug-likeness (QED) is 0.909. The number of para-hydroxylation sites is 1. The fourth-order valence-corrected chi connectivity index (χ4v) is 3.76. The lowest BCUT2D eigenvalue weighted by Gasteiger charge is -2.31. The standard InChI is InChI=1S/C20H28N2O2/c1-15-11-13-22(14-12-15)20(24)17-9-5-6-10-18(17)21-19(23)16-7-3-2-4-8-16/h5-6,9-10,15-16H,2-4,7-8,11-14H2,1H3,(H,21,23). The van der Waals surface area contributed by atoms with Crippen molar-refractivity contribution >= 4 is 17.5 Å². The van der Waals surface area contributed by atoms with Crippen LogP contribution in [0.2, 0.25) is 0 Å². The van der Waals surface area contributed by atoms with Gasteiger partial charge in [-0.3, -0.25) is 9.59 Å². The first kappa shape index (κ1) is 17.0. The molecule has 130 valence electrons. The van der Waals surface area contributed by atoms with Gasteiger partial charge in [0.05, 0.1) is 11.3 Å². The van der Waals surface area contributed by atoms with Crippen LogP contribution in [0.4, 0.5) is 5.69 Å². The lowest BCUT2D eigenvalue weighted by Crippen LogP contribution is -2.38. The Morgan fingerprint density at radius 2 is 1.67 bits per heavy atom. The molecule has 1 heterocycles. The number of hydrogen-bond acceptors (Lipinski definition) is 2. The summed E-state index contributed by atoms with van der Waals surface area (Å²) in [6.07, 6.45) is 7.53. The van der Waals surface area contributed by atoms with E-state index in [0.29, 0.717) is 17.2 Å². The van der Waals surface area contributed by atoms with E-state index in [9.17, 15) is 9.59 Å². The Morgan fingerprint density at radius 1 is 1.00 bits per heavy atom. The molecule has 24 heavy (non-hydrogen) atoms. The first-order valence-corrected chi connectivity index (χ1v) is 9.34. The van der Waals surface area contributed by atoms with E-state index in [1.54, 1.807) is 0 Å². The van der Waals surface area contributed by atoms with Crippen molar-refractivity contribution < 1.29 is 9.59 Å². The number of amides is 2. The third-order valence-corrected chi connectivity index (χ3v) is 5.46. The third-order valence-electron chi connectivity index (χ3n) is 5.46. The predicted molar refractivity (Wildman–Crippen MR) is 95.9 cm³/mol. The Hall–Kier alpha value is -1.84. The van der Waals surface area contributed by atoms with Crippen molar-refractivity contribution in [2.24, 2.45) is 11.8 Å². The van der Waals surface area contributed by atoms with Crippen LogP contribution < -0.4 is 5.32 Å². The van der Waals surface area contributed by atoms with Gasteiger partial charge < -0.3 is 10.2 Å². The van der Waals surface area contributed by atoms with E-state index in [1.165, 1.54) is 6.42 Å². The van der Waals surface area contributed by atoms with Gasteiger partial charge in [0.25, 0.3) is 5.91 Å². The fourth-order valence-electron chi connectivity index (χ4n) is 3.76. The van der Waals surface area contributed by atoms with Gasteiger partial charge in [-0.15, -0.1) is 0 Å². The molecule has 1 N–H and O–H groups in total. The fraction of sp³-hybridized carbons (Fsp3) is 0.600. The van der Waals surface area contributed by atoms with Gasteiger partial charge >= 0.3 is 0 Å². The second-order valence-electron chi connectivity index (χ2n) is 7.34. The first-order chi connectivity index (χ1) is 11.6. The number of nitrogens with zero attached hydrogens (tertiary/aromatic N) is 1. The molecule has 4 heteroatoms. The van der Waals surface area contributed by atoms with Gasteiger partial charge in [0.15, 0.2) is 0 Å². The third kappa shape index (κ3) is 3.97. The molecule has 2 aliphatic rings. The summed E-state index contributed by atoms with van der Waals surface area (Å²) in [5.41, 5.74) is 1.29. The van der Waals surface area contributed by atoms with Crippen LogP contribution in [0, 0.1) is 11.8 Å². The van der Waals surface area contributed by atoms with E-state index in [-0.39, 0.29) is 17.7 Å². The monoisotopic (exact) mass is 328 g/mol. The Kier molecular flexibility index (Phi) is 5.54. The summed E-state index contributed by atoms with van der Waals surface area (Å²) in [4.78, 5) is 27.3. The van der Waals surface area contributed by atoms with Crippen molar-refractivity contribution in [3.8, 4) is 0 Å². The second-order valence-corrected chi connectivity index (χ2v) is 7.34. The normalized spacial score (nSPS) is 20.0. The maximum Gasteiger partial charge on any atom is 0.255 e. The molecule has 0 unspecified atom stereocenters. The maximum absolute atomic E-state index is 12.9. The molecule has 0 aromatic heterocycles. The Bertz CT molecular complexity index is 585. The zero-order valence-electron chi connectivity index (χ0n) is 14.6. The van der Waals surface area contributed by atoms with Crippen LogP contribution in [0.3, 0.4) is 0 Å². The SMILES string of the molecule is CC1CCN(C(=O)c2ccccc2NC(=O)C2CCCCC2)CC1. The Morgan fingerprint density at radius 3 is 2.38 bits per heavy atom. The van der Waals surface area contributed by atoms with Crippen molar-refractivity contribution in [3.63, 3.8) is 0 Å². The molecule has 0 radical (unpaired) electrons. The molecule has 1 aromatic carbocycles. The van der Waals surface area contributed by atoms with E-state index < -0.39 is 0 Å². The average Bonchev–Trinajstić information content (AvgIpc) is 2.63. The molecule has 2 amide bonds. The van der Waals surface area contributed by atoms with Crippen molar-refractivity contribution in [1.82, 2.24) is 4.90 Å². The summed E-state index contributed by atoms with van der Waals surface area (Å²) >= 11 is 0. The number of likely N-dealkylation sites (tertiary alicyclic amines) is 1. The average molecular weight is 328 g/mol. The minimum atomic E-state index is 0.0430. The van der Waals surface area contributed by atoms with Crippen LogP contribution in [0.5, 0.6) is 0 Å². The number of hydrogen-bond donors (Lipinski definition) is 1. The van der Waals surface area contributed by atoms with E-state index >= 15 is 0 Å². The number of carbonyl (C=O) groups is 2. The minimum Gasteiger partial charge on any atom is -0.339 e. The lowest BCUT2D eigenvalue weighted by molar-refractivity contribution is -0.120. The summed E-state index contributed by atoms with van der Waals surface area (Å²) in [7, 11) is 0. The molecular formula is C20H28N2O2. The minimum absolute atomic E-state index is 0.0430. The molecule has 3 rings (SSSR count). The smallest absolute Gasteiger partial charge is 0.255 e. The van der Waals surface area contributed by atoms with E-state index in [2.05, 4.69) is 12.2 Å². The summed E-state index contributed by atoms with van der Waals surface area (Å²) < 4.78 is 0. The highest BCUT2D eigenvalue weighted by Crippen LogP contribution is 2.27. The number of anilines is 1. The van der Waals surface area contributed by atoms with Crippen LogP contribution in [0.15, 0.2) is 24.3 Å². The lowest BCUT2D eigenvalue weighted by atomic mass is 9.88. The molecule has 0 bridgehead atoms. The van der Waals surface area contributed by atoms with Crippen molar-refractivity contribution in [1.29, 1.82) is 0 Å². The number of carbonyl (C=O) groups excluding carboxylic acids is 2. The van der Waals surface area contributed by atoms with Gasteiger partial charge in [-0.25, -0.2) is 0 Å². The van der Waals surface area contributed by atoms with Gasteiger partial charge in [-0.05, 0) is 43.7 Å². The zero-order valence-corrected chi connectivity index (χ0v) is 14.6. The highest BCUT2D eigenvalue weighted by Gasteiger charge is 2.25. The van der Waals surface area contributed by atoms with Crippen LogP contribution in [0.1, 0.15) is 62.2 Å². The van der Waals surface area contributed by atoms with Crippen LogP contribution in [-0.2, 0) is 4.79 Å². The highest BCUT2D eigenvalue weighted by atomic mass is 16.2. The molecule has 0 spiro atoms. The molecule has 2 fully saturated rings. The van der Waals surface area contributed by atoms with Gasteiger partial charge in [0.2, 0.25) is 5.91 Å². The molecular weight excluding hydrogens is 300 g/mol. The van der Waals surface area contributed by atoms with Crippen LogP contribution >= 0.6 is 0 Å². The number of piperidine rings is 1. The number of nitrogens with one attached hydrogen (secondary N) is 1. The molecule has 0 atom stereocenters. The largest absolute Gasteiger partial charge is 0.339 e. The van der Waals surface area contributed by atoms with Gasteiger partial charge in [0.1, 0.15) is 0 Å². The van der Waals surface area contributed by atoms with Crippen LogP contribution in [-0.4, -0.2) is 29.8 Å². The number of benzene rings is 1. The Labute approximate surface area is 144 Å². The van der Waals surface area contributed by atoms with E-state index in [1.807, 2.05) is 29.2 Å². The van der Waals surface area contributed by atoms with Crippen molar-refractivity contribution in [2.75, 3.05) is 18.4 Å². The Balaban J connectivity index is 1.70. The molecule has 1 aromatic rings. The summed E-state index contributed by atoms with van der Waals surface area (Å²) in [6, 6.07) is 7.43. The van der Waals surface area contributed by atoms with Crippen molar-refractivity contribution in [2.45, 2.75) is 51.9 Å². The van der Waals surface area contributed by atoms with Gasteiger partial charge in [0, 0.05) is 19.0 Å². The summed E-state index contributed by atoms with van der Waals surface area (Å²) in [5, 5.41) is 3.02. The molecule has 4 nitrogen and oxygen atoms in total. The molecule has 1 saturated heterocycles. The zero-order chi connectivity index (χ0) is 16.9. The topological polar surface area (TPSA) is 49.4 Å². The van der Waals surface area contributed by atoms with Gasteiger partial charge in [-0.2, -0.15) is 0 Å². The maximum atomic E-state index is 12.9. The summed E-state index contributed by atoms with van der Waals surface area (Å²) in [5.74, 6) is 0.900. The highest BCUT2D eigenvalue weighted by molar-refractivity contribution is 6.04. The number of rotatable bonds is 3. The van der Waals surface area contributed by atoms with Gasteiger partial charge in [-0.1, -0.05) is 38.3 Å². The first-order valence-electron chi connectivity index (χ1n) is 9.34. The predicted octanol–water partition coefficient (Wildman–Crippen LogP) is 4.08.